The highest BCUT2D eigenvalue weighted by Gasteiger charge is 1.91. The minimum absolute atomic E-state index is 1.01. The molecule has 0 heterocycles. The first kappa shape index (κ1) is 21.0. The van der Waals surface area contributed by atoms with Crippen LogP contribution in [0.2, 0.25) is 0 Å². The van der Waals surface area contributed by atoms with Crippen molar-refractivity contribution in [3.63, 3.8) is 0 Å². The van der Waals surface area contributed by atoms with Gasteiger partial charge in [0, 0.05) is 0 Å². The summed E-state index contributed by atoms with van der Waals surface area (Å²) in [6.45, 7) is 5.94. The monoisotopic (exact) mass is 302 g/mol. The lowest BCUT2D eigenvalue weighted by molar-refractivity contribution is 0.557. The van der Waals surface area contributed by atoms with E-state index in [0.29, 0.717) is 0 Å². The summed E-state index contributed by atoms with van der Waals surface area (Å²) >= 11 is 0. The molecule has 0 aromatic rings. The summed E-state index contributed by atoms with van der Waals surface area (Å²) in [6.07, 6.45) is 32.6. The molecular weight excluding hydrogens is 264 g/mol. The van der Waals surface area contributed by atoms with E-state index in [9.17, 15) is 0 Å². The number of allylic oxidation sites excluding steroid dienone is 7. The molecule has 0 aliphatic rings. The van der Waals surface area contributed by atoms with Gasteiger partial charge in [-0.25, -0.2) is 0 Å². The highest BCUT2D eigenvalue weighted by molar-refractivity contribution is 5.02. The summed E-state index contributed by atoms with van der Waals surface area (Å²) in [5.41, 5.74) is 0. The van der Waals surface area contributed by atoms with Gasteiger partial charge in [0.05, 0.1) is 0 Å². The minimum Gasteiger partial charge on any atom is -0.0991 e. The first-order valence-electron chi connectivity index (χ1n) is 9.49. The van der Waals surface area contributed by atoms with E-state index in [0.717, 1.165) is 12.8 Å². The topological polar surface area (TPSA) is 0 Å². The van der Waals surface area contributed by atoms with Crippen LogP contribution < -0.4 is 0 Å². The van der Waals surface area contributed by atoms with Gasteiger partial charge in [-0.1, -0.05) is 114 Å². The molecule has 0 amide bonds. The summed E-state index contributed by atoms with van der Waals surface area (Å²) in [5.74, 6) is 0. The van der Waals surface area contributed by atoms with Crippen LogP contribution in [0.5, 0.6) is 0 Å². The van der Waals surface area contributed by atoms with Crippen LogP contribution in [0.25, 0.3) is 0 Å². The molecule has 0 aliphatic carbocycles. The van der Waals surface area contributed by atoms with E-state index in [1.165, 1.54) is 70.6 Å². The molecule has 0 fully saturated rings. The Hall–Kier alpha value is -1.04. The van der Waals surface area contributed by atoms with Crippen molar-refractivity contribution in [2.75, 3.05) is 0 Å². The largest absolute Gasteiger partial charge is 0.0991 e. The van der Waals surface area contributed by atoms with Crippen molar-refractivity contribution in [3.05, 3.63) is 49.1 Å². The third-order valence-corrected chi connectivity index (χ3v) is 3.87. The number of hydrogen-bond acceptors (Lipinski definition) is 0. The quantitative estimate of drug-likeness (QED) is 0.154. The van der Waals surface area contributed by atoms with Crippen LogP contribution in [0.15, 0.2) is 49.1 Å². The molecule has 0 saturated heterocycles. The fraction of sp³-hybridized carbons (Fsp3) is 0.636. The molecule has 22 heavy (non-hydrogen) atoms. The summed E-state index contributed by atoms with van der Waals surface area (Å²) in [6, 6.07) is 0. The summed E-state index contributed by atoms with van der Waals surface area (Å²) in [4.78, 5) is 0. The van der Waals surface area contributed by atoms with E-state index in [-0.39, 0.29) is 0 Å². The maximum atomic E-state index is 3.65. The van der Waals surface area contributed by atoms with E-state index >= 15 is 0 Å². The van der Waals surface area contributed by atoms with Gasteiger partial charge in [-0.15, -0.1) is 0 Å². The zero-order chi connectivity index (χ0) is 16.1. The van der Waals surface area contributed by atoms with Crippen molar-refractivity contribution < 1.29 is 0 Å². The number of hydrogen-bond donors (Lipinski definition) is 0. The van der Waals surface area contributed by atoms with Crippen LogP contribution in [0.4, 0.5) is 0 Å². The van der Waals surface area contributed by atoms with Gasteiger partial charge in [0.2, 0.25) is 0 Å². The van der Waals surface area contributed by atoms with Gasteiger partial charge in [-0.2, -0.15) is 0 Å². The Morgan fingerprint density at radius 3 is 1.68 bits per heavy atom. The molecule has 126 valence electrons. The lowest BCUT2D eigenvalue weighted by atomic mass is 10.1. The second-order valence-electron chi connectivity index (χ2n) is 6.05. The standard InChI is InChI=1S/C22H38/c1-3-5-7-9-11-13-15-17-19-21-22-20-18-16-14-12-10-8-6-4-2/h3,5,7,11,13,17,19H,1,4,6,8-10,12,14-16,18,20-22H2,2H3/b7-5?,13-11-,19-17-. The third-order valence-electron chi connectivity index (χ3n) is 3.87. The van der Waals surface area contributed by atoms with Crippen LogP contribution >= 0.6 is 0 Å². The van der Waals surface area contributed by atoms with E-state index in [1.54, 1.807) is 0 Å². The minimum atomic E-state index is 1.01. The Morgan fingerprint density at radius 1 is 0.591 bits per heavy atom. The van der Waals surface area contributed by atoms with Crippen molar-refractivity contribution in [2.24, 2.45) is 0 Å². The molecule has 0 atom stereocenters. The molecule has 0 unspecified atom stereocenters. The molecule has 0 aliphatic heterocycles. The Kier molecular flexibility index (Phi) is 19.0. The average molecular weight is 303 g/mol. The predicted octanol–water partition coefficient (Wildman–Crippen LogP) is 7.93. The van der Waals surface area contributed by atoms with Crippen LogP contribution in [0.3, 0.4) is 0 Å². The normalized spacial score (nSPS) is 12.0. The number of unbranched alkanes of at least 4 members (excludes halogenated alkanes) is 10. The molecule has 0 aromatic heterocycles. The van der Waals surface area contributed by atoms with Gasteiger partial charge >= 0.3 is 0 Å². The first-order chi connectivity index (χ1) is 10.9. The van der Waals surface area contributed by atoms with Crippen LogP contribution in [-0.2, 0) is 0 Å². The Bertz CT molecular complexity index is 293. The molecule has 0 aromatic carbocycles. The second kappa shape index (κ2) is 20.0. The molecular formula is C22H38. The lowest BCUT2D eigenvalue weighted by Crippen LogP contribution is -1.81. The van der Waals surface area contributed by atoms with Crippen molar-refractivity contribution in [2.45, 2.75) is 90.4 Å². The van der Waals surface area contributed by atoms with Gasteiger partial charge in [0.15, 0.2) is 0 Å². The van der Waals surface area contributed by atoms with Crippen LogP contribution in [0, 0.1) is 0 Å². The number of rotatable bonds is 16. The molecule has 0 heteroatoms. The Morgan fingerprint density at radius 2 is 1.09 bits per heavy atom. The van der Waals surface area contributed by atoms with Crippen molar-refractivity contribution in [3.8, 4) is 0 Å². The fourth-order valence-electron chi connectivity index (χ4n) is 2.49. The summed E-state index contributed by atoms with van der Waals surface area (Å²) < 4.78 is 0. The molecule has 0 bridgehead atoms. The van der Waals surface area contributed by atoms with Crippen molar-refractivity contribution in [1.29, 1.82) is 0 Å². The van der Waals surface area contributed by atoms with Crippen LogP contribution in [-0.4, -0.2) is 0 Å². The fourth-order valence-corrected chi connectivity index (χ4v) is 2.49. The zero-order valence-electron chi connectivity index (χ0n) is 14.9. The predicted molar refractivity (Wildman–Crippen MR) is 103 cm³/mol. The summed E-state index contributed by atoms with van der Waals surface area (Å²) in [5, 5.41) is 0. The highest BCUT2D eigenvalue weighted by Crippen LogP contribution is 2.11. The molecule has 0 saturated carbocycles. The van der Waals surface area contributed by atoms with Gasteiger partial charge in [0.1, 0.15) is 0 Å². The van der Waals surface area contributed by atoms with Crippen molar-refractivity contribution >= 4 is 0 Å². The van der Waals surface area contributed by atoms with Gasteiger partial charge < -0.3 is 0 Å². The van der Waals surface area contributed by atoms with Gasteiger partial charge in [0.25, 0.3) is 0 Å². The second-order valence-corrected chi connectivity index (χ2v) is 6.05. The maximum absolute atomic E-state index is 3.65. The zero-order valence-corrected chi connectivity index (χ0v) is 14.9. The summed E-state index contributed by atoms with van der Waals surface area (Å²) in [7, 11) is 0. The first-order valence-corrected chi connectivity index (χ1v) is 9.49. The maximum Gasteiger partial charge on any atom is -0.0166 e. The van der Waals surface area contributed by atoms with Gasteiger partial charge in [-0.05, 0) is 25.7 Å². The lowest BCUT2D eigenvalue weighted by Gasteiger charge is -2.01. The molecule has 0 N–H and O–H groups in total. The van der Waals surface area contributed by atoms with Crippen molar-refractivity contribution in [1.82, 2.24) is 0 Å². The highest BCUT2D eigenvalue weighted by atomic mass is 14.0. The van der Waals surface area contributed by atoms with Gasteiger partial charge in [-0.3, -0.25) is 0 Å². The van der Waals surface area contributed by atoms with E-state index in [1.807, 2.05) is 12.2 Å². The molecule has 0 radical (unpaired) electrons. The van der Waals surface area contributed by atoms with Crippen LogP contribution in [0.1, 0.15) is 90.4 Å². The average Bonchev–Trinajstić information content (AvgIpc) is 2.54. The molecule has 0 spiro atoms. The van der Waals surface area contributed by atoms with E-state index in [2.05, 4.69) is 43.9 Å². The van der Waals surface area contributed by atoms with E-state index < -0.39 is 0 Å². The molecule has 0 rings (SSSR count). The third kappa shape index (κ3) is 19.0. The molecule has 0 nitrogen and oxygen atoms in total. The SMILES string of the molecule is C=CC=CC/C=C\C/C=C\CCCCCCCCCCCC. The smallest absolute Gasteiger partial charge is 0.0166 e. The van der Waals surface area contributed by atoms with E-state index in [4.69, 9.17) is 0 Å². The Balaban J connectivity index is 3.17. The Labute approximate surface area is 140 Å².